The van der Waals surface area contributed by atoms with E-state index in [4.69, 9.17) is 9.72 Å². The van der Waals surface area contributed by atoms with E-state index < -0.39 is 5.41 Å². The number of hydrogen-bond donors (Lipinski definition) is 0. The Kier molecular flexibility index (Phi) is 8.07. The predicted molar refractivity (Wildman–Crippen MR) is 189 cm³/mol. The fraction of sp³-hybridized carbons (Fsp3) is 0.163. The Labute approximate surface area is 272 Å². The van der Waals surface area contributed by atoms with Crippen LogP contribution in [0.25, 0.3) is 28.1 Å². The highest BCUT2D eigenvalue weighted by atomic mass is 16.5. The molecule has 0 bridgehead atoms. The van der Waals surface area contributed by atoms with Gasteiger partial charge in [-0.05, 0) is 83.5 Å². The standard InChI is InChI=1S/C43H38N2O/c1-4-14-30(2)27-31(3)39-28-33(29-40(45-39)38-19-12-13-26-44-38)32-22-24-35(25-23-32)43(34-15-6-5-7-16-34)36-17-8-10-20-41(36)46-42-21-11-9-18-37(42)43/h5-13,15-30H,4,14H2,1-3H3/b31-27+. The van der Waals surface area contributed by atoms with Crippen LogP contribution in [-0.4, -0.2) is 9.97 Å². The number of para-hydroxylation sites is 2. The van der Waals surface area contributed by atoms with Gasteiger partial charge in [-0.3, -0.25) is 4.98 Å². The molecule has 3 heteroatoms. The van der Waals surface area contributed by atoms with Gasteiger partial charge < -0.3 is 4.74 Å². The van der Waals surface area contributed by atoms with Crippen molar-refractivity contribution >= 4 is 5.57 Å². The molecule has 0 aliphatic carbocycles. The zero-order valence-electron chi connectivity index (χ0n) is 26.7. The molecule has 3 nitrogen and oxygen atoms in total. The summed E-state index contributed by atoms with van der Waals surface area (Å²) in [6.07, 6.45) is 6.50. The van der Waals surface area contributed by atoms with Gasteiger partial charge in [0.25, 0.3) is 0 Å². The lowest BCUT2D eigenvalue weighted by Crippen LogP contribution is -2.34. The molecule has 0 saturated carbocycles. The molecule has 0 amide bonds. The fourth-order valence-electron chi connectivity index (χ4n) is 6.98. The third-order valence-electron chi connectivity index (χ3n) is 9.10. The summed E-state index contributed by atoms with van der Waals surface area (Å²) in [5.41, 5.74) is 10.3. The molecule has 2 aromatic heterocycles. The van der Waals surface area contributed by atoms with Crippen LogP contribution in [0.1, 0.15) is 61.6 Å². The van der Waals surface area contributed by atoms with Crippen molar-refractivity contribution in [2.24, 2.45) is 5.92 Å². The van der Waals surface area contributed by atoms with Crippen molar-refractivity contribution in [3.63, 3.8) is 0 Å². The van der Waals surface area contributed by atoms with Crippen molar-refractivity contribution in [3.8, 4) is 34.0 Å². The number of hydrogen-bond acceptors (Lipinski definition) is 3. The summed E-state index contributed by atoms with van der Waals surface area (Å²) in [4.78, 5) is 9.73. The van der Waals surface area contributed by atoms with Crippen molar-refractivity contribution in [2.45, 2.75) is 39.0 Å². The van der Waals surface area contributed by atoms with Gasteiger partial charge in [-0.15, -0.1) is 0 Å². The van der Waals surface area contributed by atoms with Crippen LogP contribution < -0.4 is 4.74 Å². The molecule has 1 atom stereocenters. The normalized spacial score (nSPS) is 14.1. The van der Waals surface area contributed by atoms with E-state index in [1.165, 1.54) is 16.7 Å². The first-order valence-corrected chi connectivity index (χ1v) is 16.2. The monoisotopic (exact) mass is 598 g/mol. The quantitative estimate of drug-likeness (QED) is 0.175. The maximum Gasteiger partial charge on any atom is 0.132 e. The molecule has 0 spiro atoms. The fourth-order valence-corrected chi connectivity index (χ4v) is 6.98. The van der Waals surface area contributed by atoms with Crippen molar-refractivity contribution in [3.05, 3.63) is 174 Å². The summed E-state index contributed by atoms with van der Waals surface area (Å²) >= 11 is 0. The van der Waals surface area contributed by atoms with Crippen LogP contribution in [0, 0.1) is 5.92 Å². The van der Waals surface area contributed by atoms with Gasteiger partial charge in [0.05, 0.1) is 22.5 Å². The van der Waals surface area contributed by atoms with Crippen LogP contribution in [-0.2, 0) is 5.41 Å². The lowest BCUT2D eigenvalue weighted by atomic mass is 9.63. The highest BCUT2D eigenvalue weighted by Crippen LogP contribution is 2.55. The van der Waals surface area contributed by atoms with E-state index in [0.717, 1.165) is 63.7 Å². The lowest BCUT2D eigenvalue weighted by molar-refractivity contribution is 0.434. The third kappa shape index (κ3) is 5.32. The molecular weight excluding hydrogens is 560 g/mol. The van der Waals surface area contributed by atoms with Crippen LogP contribution in [0.5, 0.6) is 11.5 Å². The third-order valence-corrected chi connectivity index (χ3v) is 9.10. The summed E-state index contributed by atoms with van der Waals surface area (Å²) in [5.74, 6) is 2.26. The molecule has 3 heterocycles. The average Bonchev–Trinajstić information content (AvgIpc) is 3.11. The summed E-state index contributed by atoms with van der Waals surface area (Å²) in [6.45, 7) is 6.69. The Morgan fingerprint density at radius 2 is 1.33 bits per heavy atom. The first-order chi connectivity index (χ1) is 22.6. The maximum atomic E-state index is 6.48. The van der Waals surface area contributed by atoms with Crippen molar-refractivity contribution < 1.29 is 4.74 Å². The molecule has 6 aromatic rings. The number of benzene rings is 4. The molecule has 0 saturated heterocycles. The Hall–Kier alpha value is -5.28. The molecular formula is C43H38N2O. The number of nitrogens with zero attached hydrogens (tertiary/aromatic N) is 2. The molecule has 1 aliphatic heterocycles. The smallest absolute Gasteiger partial charge is 0.132 e. The van der Waals surface area contributed by atoms with Gasteiger partial charge in [-0.25, -0.2) is 4.98 Å². The van der Waals surface area contributed by atoms with Gasteiger partial charge in [-0.2, -0.15) is 0 Å². The van der Waals surface area contributed by atoms with Gasteiger partial charge in [0.2, 0.25) is 0 Å². The van der Waals surface area contributed by atoms with Gasteiger partial charge in [-0.1, -0.05) is 123 Å². The van der Waals surface area contributed by atoms with Gasteiger partial charge in [0.15, 0.2) is 0 Å². The predicted octanol–water partition coefficient (Wildman–Crippen LogP) is 11.1. The molecule has 46 heavy (non-hydrogen) atoms. The Morgan fingerprint density at radius 1 is 0.696 bits per heavy atom. The zero-order chi connectivity index (χ0) is 31.5. The summed E-state index contributed by atoms with van der Waals surface area (Å²) < 4.78 is 6.48. The lowest BCUT2D eigenvalue weighted by Gasteiger charge is -2.41. The number of rotatable bonds is 8. The van der Waals surface area contributed by atoms with Crippen LogP contribution >= 0.6 is 0 Å². The Bertz CT molecular complexity index is 1950. The Balaban J connectivity index is 1.40. The number of aromatic nitrogens is 2. The number of allylic oxidation sites excluding steroid dienone is 2. The van der Waals surface area contributed by atoms with Crippen molar-refractivity contribution in [2.75, 3.05) is 0 Å². The number of ether oxygens (including phenoxy) is 1. The second-order valence-electron chi connectivity index (χ2n) is 12.2. The van der Waals surface area contributed by atoms with E-state index in [-0.39, 0.29) is 0 Å². The van der Waals surface area contributed by atoms with E-state index in [1.807, 2.05) is 36.5 Å². The summed E-state index contributed by atoms with van der Waals surface area (Å²) in [6, 6.07) is 47.1. The minimum Gasteiger partial charge on any atom is -0.457 e. The van der Waals surface area contributed by atoms with E-state index >= 15 is 0 Å². The number of pyridine rings is 2. The zero-order valence-corrected chi connectivity index (χ0v) is 26.7. The van der Waals surface area contributed by atoms with E-state index in [9.17, 15) is 0 Å². The first kappa shape index (κ1) is 29.4. The highest BCUT2D eigenvalue weighted by Gasteiger charge is 2.45. The van der Waals surface area contributed by atoms with E-state index in [1.54, 1.807) is 0 Å². The molecule has 0 radical (unpaired) electrons. The summed E-state index contributed by atoms with van der Waals surface area (Å²) in [5, 5.41) is 0. The van der Waals surface area contributed by atoms with Crippen LogP contribution in [0.4, 0.5) is 0 Å². The highest BCUT2D eigenvalue weighted by molar-refractivity contribution is 5.76. The topological polar surface area (TPSA) is 35.0 Å². The maximum absolute atomic E-state index is 6.48. The van der Waals surface area contributed by atoms with E-state index in [0.29, 0.717) is 5.92 Å². The molecule has 0 N–H and O–H groups in total. The second kappa shape index (κ2) is 12.6. The molecule has 226 valence electrons. The molecule has 4 aromatic carbocycles. The second-order valence-corrected chi connectivity index (χ2v) is 12.2. The Morgan fingerprint density at radius 3 is 1.98 bits per heavy atom. The van der Waals surface area contributed by atoms with Crippen LogP contribution in [0.3, 0.4) is 0 Å². The van der Waals surface area contributed by atoms with Crippen LogP contribution in [0.15, 0.2) is 146 Å². The van der Waals surface area contributed by atoms with Gasteiger partial charge in [0, 0.05) is 17.3 Å². The minimum atomic E-state index is -0.539. The number of fused-ring (bicyclic) bond motifs is 2. The minimum absolute atomic E-state index is 0.493. The van der Waals surface area contributed by atoms with Crippen molar-refractivity contribution in [1.82, 2.24) is 9.97 Å². The van der Waals surface area contributed by atoms with Crippen LogP contribution in [0.2, 0.25) is 0 Å². The summed E-state index contributed by atoms with van der Waals surface area (Å²) in [7, 11) is 0. The van der Waals surface area contributed by atoms with Crippen molar-refractivity contribution in [1.29, 1.82) is 0 Å². The van der Waals surface area contributed by atoms with Gasteiger partial charge in [0.1, 0.15) is 11.5 Å². The SMILES string of the molecule is CCCC(C)/C=C(\C)c1cc(-c2ccc(C3(c4ccccc4)c4ccccc4Oc4ccccc43)cc2)cc(-c2ccccn2)n1. The average molecular weight is 599 g/mol. The molecule has 1 aliphatic rings. The van der Waals surface area contributed by atoms with Gasteiger partial charge >= 0.3 is 0 Å². The molecule has 0 fully saturated rings. The molecule has 1 unspecified atom stereocenters. The molecule has 7 rings (SSSR count). The largest absolute Gasteiger partial charge is 0.457 e. The first-order valence-electron chi connectivity index (χ1n) is 16.2. The van der Waals surface area contributed by atoms with E-state index in [2.05, 4.69) is 135 Å².